The number of para-hydroxylation sites is 2. The van der Waals surface area contributed by atoms with Gasteiger partial charge in [-0.25, -0.2) is 4.79 Å². The molecule has 0 bridgehead atoms. The molecule has 1 aromatic heterocycles. The number of amides is 1. The number of nitrogens with one attached hydrogen (secondary N) is 1. The summed E-state index contributed by atoms with van der Waals surface area (Å²) in [6.45, 7) is 7.41. The molecule has 0 aliphatic carbocycles. The zero-order valence-electron chi connectivity index (χ0n) is 17.3. The second-order valence-electron chi connectivity index (χ2n) is 6.54. The van der Waals surface area contributed by atoms with E-state index in [2.05, 4.69) is 24.1 Å². The van der Waals surface area contributed by atoms with Crippen LogP contribution in [0.25, 0.3) is 6.08 Å². The van der Waals surface area contributed by atoms with E-state index in [-0.39, 0.29) is 5.56 Å². The second kappa shape index (κ2) is 10.4. The lowest BCUT2D eigenvalue weighted by molar-refractivity contribution is -0.111. The van der Waals surface area contributed by atoms with Crippen molar-refractivity contribution in [1.82, 2.24) is 14.0 Å². The van der Waals surface area contributed by atoms with Gasteiger partial charge in [-0.15, -0.1) is 0 Å². The minimum absolute atomic E-state index is 0.244. The Bertz CT molecular complexity index is 987. The van der Waals surface area contributed by atoms with Crippen molar-refractivity contribution in [3.63, 3.8) is 0 Å². The molecule has 0 aliphatic rings. The Kier molecular flexibility index (Phi) is 7.97. The van der Waals surface area contributed by atoms with Crippen molar-refractivity contribution >= 4 is 17.7 Å². The lowest BCUT2D eigenvalue weighted by Crippen LogP contribution is -2.37. The van der Waals surface area contributed by atoms with Gasteiger partial charge in [-0.1, -0.05) is 26.0 Å². The molecule has 0 saturated heterocycles. The highest BCUT2D eigenvalue weighted by atomic mass is 16.5. The molecule has 2 rings (SSSR count). The maximum absolute atomic E-state index is 12.3. The molecule has 0 saturated carbocycles. The van der Waals surface area contributed by atoms with Gasteiger partial charge in [0, 0.05) is 32.9 Å². The van der Waals surface area contributed by atoms with Crippen molar-refractivity contribution in [1.29, 1.82) is 0 Å². The first-order valence-corrected chi connectivity index (χ1v) is 9.57. The van der Waals surface area contributed by atoms with E-state index in [1.807, 2.05) is 6.07 Å². The van der Waals surface area contributed by atoms with Gasteiger partial charge in [0.2, 0.25) is 5.91 Å². The molecular formula is C21H28N4O4. The lowest BCUT2D eigenvalue weighted by Gasteiger charge is -2.19. The monoisotopic (exact) mass is 400 g/mol. The number of aromatic nitrogens is 2. The number of rotatable bonds is 9. The number of carbonyl (C=O) groups is 1. The lowest BCUT2D eigenvalue weighted by atomic mass is 10.2. The predicted molar refractivity (Wildman–Crippen MR) is 114 cm³/mol. The molecule has 0 spiro atoms. The van der Waals surface area contributed by atoms with Gasteiger partial charge >= 0.3 is 5.69 Å². The summed E-state index contributed by atoms with van der Waals surface area (Å²) in [6, 6.07) is 7.19. The Morgan fingerprint density at radius 2 is 1.86 bits per heavy atom. The fourth-order valence-electron chi connectivity index (χ4n) is 2.81. The molecule has 1 heterocycles. The van der Waals surface area contributed by atoms with Gasteiger partial charge in [0.15, 0.2) is 0 Å². The van der Waals surface area contributed by atoms with Crippen LogP contribution in [0.2, 0.25) is 0 Å². The third-order valence-corrected chi connectivity index (χ3v) is 4.59. The maximum atomic E-state index is 12.3. The van der Waals surface area contributed by atoms with Crippen molar-refractivity contribution in [3.8, 4) is 5.75 Å². The molecule has 29 heavy (non-hydrogen) atoms. The summed E-state index contributed by atoms with van der Waals surface area (Å²) < 4.78 is 8.11. The van der Waals surface area contributed by atoms with Crippen LogP contribution >= 0.6 is 0 Å². The number of aryl methyl sites for hydroxylation is 1. The Balaban J connectivity index is 2.07. The van der Waals surface area contributed by atoms with E-state index < -0.39 is 17.2 Å². The number of likely N-dealkylation sites (N-methyl/N-ethyl adjacent to an activating group) is 1. The topological polar surface area (TPSA) is 85.6 Å². The zero-order chi connectivity index (χ0) is 21.4. The molecule has 0 atom stereocenters. The largest absolute Gasteiger partial charge is 0.490 e. The number of hydrogen-bond acceptors (Lipinski definition) is 5. The van der Waals surface area contributed by atoms with Crippen molar-refractivity contribution in [2.45, 2.75) is 13.8 Å². The second-order valence-corrected chi connectivity index (χ2v) is 6.54. The summed E-state index contributed by atoms with van der Waals surface area (Å²) in [7, 11) is 2.94. The molecule has 0 fully saturated rings. The van der Waals surface area contributed by atoms with E-state index in [1.165, 1.54) is 30.0 Å². The van der Waals surface area contributed by atoms with Gasteiger partial charge < -0.3 is 19.5 Å². The molecule has 1 amide bonds. The molecule has 156 valence electrons. The van der Waals surface area contributed by atoms with Gasteiger partial charge in [0.25, 0.3) is 5.56 Å². The SMILES string of the molecule is CCN(CC)CCOc1ccccc1NC(=O)C=Cc1cn(C)c(=O)n(C)c1=O. The van der Waals surface area contributed by atoms with E-state index in [1.54, 1.807) is 25.2 Å². The molecular weight excluding hydrogens is 372 g/mol. The van der Waals surface area contributed by atoms with Crippen molar-refractivity contribution in [2.24, 2.45) is 14.1 Å². The summed E-state index contributed by atoms with van der Waals surface area (Å²) in [6.07, 6.45) is 4.05. The van der Waals surface area contributed by atoms with Gasteiger partial charge in [0.1, 0.15) is 12.4 Å². The first-order valence-electron chi connectivity index (χ1n) is 9.57. The molecule has 2 aromatic rings. The Hall–Kier alpha value is -3.13. The number of benzene rings is 1. The van der Waals surface area contributed by atoms with Crippen LogP contribution in [-0.4, -0.2) is 46.2 Å². The van der Waals surface area contributed by atoms with Gasteiger partial charge in [-0.2, -0.15) is 0 Å². The fourth-order valence-corrected chi connectivity index (χ4v) is 2.81. The van der Waals surface area contributed by atoms with E-state index >= 15 is 0 Å². The number of nitrogens with zero attached hydrogens (tertiary/aromatic N) is 3. The van der Waals surface area contributed by atoms with E-state index in [0.717, 1.165) is 24.2 Å². The van der Waals surface area contributed by atoms with Crippen LogP contribution in [0.4, 0.5) is 5.69 Å². The molecule has 0 aliphatic heterocycles. The van der Waals surface area contributed by atoms with Crippen LogP contribution in [-0.2, 0) is 18.9 Å². The highest BCUT2D eigenvalue weighted by molar-refractivity contribution is 6.02. The zero-order valence-corrected chi connectivity index (χ0v) is 17.3. The summed E-state index contributed by atoms with van der Waals surface area (Å²) in [5.74, 6) is 0.181. The minimum Gasteiger partial charge on any atom is -0.490 e. The summed E-state index contributed by atoms with van der Waals surface area (Å²) in [5, 5.41) is 2.77. The normalized spacial score (nSPS) is 11.2. The van der Waals surface area contributed by atoms with Crippen molar-refractivity contribution in [2.75, 3.05) is 31.6 Å². The summed E-state index contributed by atoms with van der Waals surface area (Å²) in [5.41, 5.74) is -0.0896. The van der Waals surface area contributed by atoms with Crippen LogP contribution in [0.15, 0.2) is 46.1 Å². The standard InChI is InChI=1S/C21H28N4O4/c1-5-25(6-2)13-14-29-18-10-8-7-9-17(18)22-19(26)12-11-16-15-23(3)21(28)24(4)20(16)27/h7-12,15H,5-6,13-14H2,1-4H3,(H,22,26). The average Bonchev–Trinajstić information content (AvgIpc) is 2.72. The quantitative estimate of drug-likeness (QED) is 0.644. The number of hydrogen-bond donors (Lipinski definition) is 1. The van der Waals surface area contributed by atoms with Crippen LogP contribution in [0.3, 0.4) is 0 Å². The molecule has 0 radical (unpaired) electrons. The van der Waals surface area contributed by atoms with E-state index in [9.17, 15) is 14.4 Å². The van der Waals surface area contributed by atoms with Gasteiger partial charge in [0.05, 0.1) is 11.3 Å². The Morgan fingerprint density at radius 1 is 1.17 bits per heavy atom. The Morgan fingerprint density at radius 3 is 2.55 bits per heavy atom. The first kappa shape index (κ1) is 22.2. The van der Waals surface area contributed by atoms with Gasteiger partial charge in [-0.05, 0) is 31.3 Å². The molecule has 8 heteroatoms. The maximum Gasteiger partial charge on any atom is 0.330 e. The molecule has 1 aromatic carbocycles. The summed E-state index contributed by atoms with van der Waals surface area (Å²) >= 11 is 0. The minimum atomic E-state index is -0.461. The van der Waals surface area contributed by atoms with Gasteiger partial charge in [-0.3, -0.25) is 14.2 Å². The predicted octanol–water partition coefficient (Wildman–Crippen LogP) is 1.46. The van der Waals surface area contributed by atoms with Crippen LogP contribution in [0.1, 0.15) is 19.4 Å². The van der Waals surface area contributed by atoms with E-state index in [4.69, 9.17) is 4.74 Å². The fraction of sp³-hybridized carbons (Fsp3) is 0.381. The van der Waals surface area contributed by atoms with E-state index in [0.29, 0.717) is 18.0 Å². The number of ether oxygens (including phenoxy) is 1. The summed E-state index contributed by atoms with van der Waals surface area (Å²) in [4.78, 5) is 38.4. The third-order valence-electron chi connectivity index (χ3n) is 4.59. The Labute approximate surface area is 170 Å². The highest BCUT2D eigenvalue weighted by Gasteiger charge is 2.08. The highest BCUT2D eigenvalue weighted by Crippen LogP contribution is 2.23. The smallest absolute Gasteiger partial charge is 0.330 e. The van der Waals surface area contributed by atoms with Crippen LogP contribution in [0.5, 0.6) is 5.75 Å². The molecule has 1 N–H and O–H groups in total. The molecule has 8 nitrogen and oxygen atoms in total. The third kappa shape index (κ3) is 5.92. The van der Waals surface area contributed by atoms with Crippen LogP contribution in [0, 0.1) is 0 Å². The van der Waals surface area contributed by atoms with Crippen molar-refractivity contribution < 1.29 is 9.53 Å². The number of carbonyl (C=O) groups excluding carboxylic acids is 1. The molecule has 0 unspecified atom stereocenters. The number of anilines is 1. The van der Waals surface area contributed by atoms with Crippen molar-refractivity contribution in [3.05, 3.63) is 62.9 Å². The first-order chi connectivity index (χ1) is 13.9. The van der Waals surface area contributed by atoms with Crippen LogP contribution < -0.4 is 21.3 Å². The average molecular weight is 400 g/mol.